The minimum atomic E-state index is -1.28. The molecule has 0 spiro atoms. The van der Waals surface area contributed by atoms with E-state index in [2.05, 4.69) is 17.2 Å². The number of hydrogen-bond donors (Lipinski definition) is 3. The summed E-state index contributed by atoms with van der Waals surface area (Å²) in [4.78, 5) is 11.2. The van der Waals surface area contributed by atoms with Gasteiger partial charge in [0.2, 0.25) is 0 Å². The normalized spacial score (nSPS) is 14.9. The third-order valence-corrected chi connectivity index (χ3v) is 2.95. The van der Waals surface area contributed by atoms with Crippen molar-refractivity contribution >= 4 is 5.97 Å². The van der Waals surface area contributed by atoms with Gasteiger partial charge in [0.25, 0.3) is 0 Å². The smallest absolute Gasteiger partial charge is 0.320 e. The minimum absolute atomic E-state index is 0.108. The standard InChI is InChI=1S/C17H23NO3/c1-13(2)11-15(16(19)20)18-12-17(3,21)10-9-14-7-5-4-6-8-14/h4-8,13,15,18,21H,11-12H2,1-3H3,(H,19,20)/t15-,17-/m1/s1. The van der Waals surface area contributed by atoms with E-state index in [1.807, 2.05) is 44.2 Å². The number of carboxylic acids is 1. The fourth-order valence-electron chi connectivity index (χ4n) is 1.84. The van der Waals surface area contributed by atoms with Crippen molar-refractivity contribution in [1.29, 1.82) is 0 Å². The minimum Gasteiger partial charge on any atom is -0.480 e. The van der Waals surface area contributed by atoms with Crippen molar-refractivity contribution < 1.29 is 15.0 Å². The first kappa shape index (κ1) is 17.2. The second-order valence-corrected chi connectivity index (χ2v) is 5.79. The first-order chi connectivity index (χ1) is 9.80. The first-order valence-electron chi connectivity index (χ1n) is 7.07. The van der Waals surface area contributed by atoms with Gasteiger partial charge >= 0.3 is 5.97 Å². The molecule has 3 N–H and O–H groups in total. The summed E-state index contributed by atoms with van der Waals surface area (Å²) in [6, 6.07) is 8.69. The van der Waals surface area contributed by atoms with Gasteiger partial charge in [0.05, 0.1) is 0 Å². The number of rotatable bonds is 6. The molecule has 0 bridgehead atoms. The average molecular weight is 289 g/mol. The quantitative estimate of drug-likeness (QED) is 0.699. The highest BCUT2D eigenvalue weighted by molar-refractivity contribution is 5.73. The van der Waals surface area contributed by atoms with Gasteiger partial charge in [0, 0.05) is 12.1 Å². The molecule has 114 valence electrons. The Balaban J connectivity index is 2.63. The van der Waals surface area contributed by atoms with Gasteiger partial charge < -0.3 is 15.5 Å². The van der Waals surface area contributed by atoms with Crippen molar-refractivity contribution in [2.45, 2.75) is 38.8 Å². The lowest BCUT2D eigenvalue weighted by Crippen LogP contribution is -2.45. The molecular formula is C17H23NO3. The Morgan fingerprint density at radius 1 is 1.33 bits per heavy atom. The molecule has 0 radical (unpaired) electrons. The summed E-state index contributed by atoms with van der Waals surface area (Å²) >= 11 is 0. The van der Waals surface area contributed by atoms with Gasteiger partial charge in [0.15, 0.2) is 0 Å². The molecule has 1 aromatic rings. The second-order valence-electron chi connectivity index (χ2n) is 5.79. The summed E-state index contributed by atoms with van der Waals surface area (Å²) in [6.07, 6.45) is 0.511. The van der Waals surface area contributed by atoms with E-state index < -0.39 is 17.6 Å². The largest absolute Gasteiger partial charge is 0.480 e. The summed E-state index contributed by atoms with van der Waals surface area (Å²) in [5.41, 5.74) is -0.463. The number of aliphatic hydroxyl groups is 1. The maximum Gasteiger partial charge on any atom is 0.320 e. The van der Waals surface area contributed by atoms with Crippen LogP contribution in [0.15, 0.2) is 30.3 Å². The van der Waals surface area contributed by atoms with Crippen LogP contribution >= 0.6 is 0 Å². The Labute approximate surface area is 126 Å². The van der Waals surface area contributed by atoms with Crippen LogP contribution in [0.3, 0.4) is 0 Å². The maximum atomic E-state index is 11.2. The zero-order valence-corrected chi connectivity index (χ0v) is 12.8. The number of carboxylic acid groups (broad SMARTS) is 1. The van der Waals surface area contributed by atoms with E-state index >= 15 is 0 Å². The molecule has 0 amide bonds. The van der Waals surface area contributed by atoms with E-state index in [-0.39, 0.29) is 12.5 Å². The van der Waals surface area contributed by atoms with Crippen LogP contribution in [0.5, 0.6) is 0 Å². The Morgan fingerprint density at radius 3 is 2.48 bits per heavy atom. The molecule has 21 heavy (non-hydrogen) atoms. The molecule has 1 rings (SSSR count). The van der Waals surface area contributed by atoms with E-state index in [0.717, 1.165) is 5.56 Å². The maximum absolute atomic E-state index is 11.2. The van der Waals surface area contributed by atoms with Crippen molar-refractivity contribution in [2.75, 3.05) is 6.54 Å². The van der Waals surface area contributed by atoms with Crippen molar-refractivity contribution in [3.63, 3.8) is 0 Å². The van der Waals surface area contributed by atoms with Crippen LogP contribution in [-0.2, 0) is 4.79 Å². The van der Waals surface area contributed by atoms with Crippen LogP contribution in [0.1, 0.15) is 32.8 Å². The third kappa shape index (κ3) is 6.94. The van der Waals surface area contributed by atoms with Gasteiger partial charge in [-0.25, -0.2) is 0 Å². The molecule has 4 nitrogen and oxygen atoms in total. The molecule has 0 aliphatic rings. The molecular weight excluding hydrogens is 266 g/mol. The lowest BCUT2D eigenvalue weighted by Gasteiger charge is -2.22. The zero-order chi connectivity index (χ0) is 15.9. The lowest BCUT2D eigenvalue weighted by atomic mass is 10.0. The molecule has 0 heterocycles. The highest BCUT2D eigenvalue weighted by atomic mass is 16.4. The van der Waals surface area contributed by atoms with Crippen LogP contribution in [-0.4, -0.2) is 34.4 Å². The molecule has 0 aliphatic heterocycles. The summed E-state index contributed by atoms with van der Waals surface area (Å²) in [5.74, 6) is 5.02. The van der Waals surface area contributed by atoms with E-state index in [4.69, 9.17) is 5.11 Å². The molecule has 0 aliphatic carbocycles. The van der Waals surface area contributed by atoms with Crippen LogP contribution < -0.4 is 5.32 Å². The molecule has 0 unspecified atom stereocenters. The molecule has 2 atom stereocenters. The predicted molar refractivity (Wildman–Crippen MR) is 82.8 cm³/mol. The molecule has 0 saturated carbocycles. The summed E-state index contributed by atoms with van der Waals surface area (Å²) < 4.78 is 0. The highest BCUT2D eigenvalue weighted by Crippen LogP contribution is 2.07. The number of carbonyl (C=O) groups is 1. The monoisotopic (exact) mass is 289 g/mol. The van der Waals surface area contributed by atoms with E-state index in [9.17, 15) is 9.90 Å². The Hall–Kier alpha value is -1.83. The fourth-order valence-corrected chi connectivity index (χ4v) is 1.84. The summed E-state index contributed by atoms with van der Waals surface area (Å²) in [7, 11) is 0. The second kappa shape index (κ2) is 7.82. The topological polar surface area (TPSA) is 69.6 Å². The first-order valence-corrected chi connectivity index (χ1v) is 7.07. The van der Waals surface area contributed by atoms with Gasteiger partial charge in [-0.3, -0.25) is 4.79 Å². The van der Waals surface area contributed by atoms with E-state index in [1.165, 1.54) is 0 Å². The average Bonchev–Trinajstić information content (AvgIpc) is 2.42. The third-order valence-electron chi connectivity index (χ3n) is 2.95. The van der Waals surface area contributed by atoms with Crippen LogP contribution in [0.2, 0.25) is 0 Å². The molecule has 0 aromatic heterocycles. The van der Waals surface area contributed by atoms with Crippen molar-refractivity contribution in [3.8, 4) is 11.8 Å². The van der Waals surface area contributed by atoms with Gasteiger partial charge in [0.1, 0.15) is 11.6 Å². The SMILES string of the molecule is CC(C)C[C@@H](NC[C@](C)(O)C#Cc1ccccc1)C(=O)O. The van der Waals surface area contributed by atoms with Crippen molar-refractivity contribution in [1.82, 2.24) is 5.32 Å². The molecule has 4 heteroatoms. The zero-order valence-electron chi connectivity index (χ0n) is 12.8. The highest BCUT2D eigenvalue weighted by Gasteiger charge is 2.23. The number of hydrogen-bond acceptors (Lipinski definition) is 3. The van der Waals surface area contributed by atoms with Crippen LogP contribution in [0.4, 0.5) is 0 Å². The Kier molecular flexibility index (Phi) is 6.41. The van der Waals surface area contributed by atoms with E-state index in [1.54, 1.807) is 6.92 Å². The molecule has 1 aromatic carbocycles. The van der Waals surface area contributed by atoms with Crippen LogP contribution in [0.25, 0.3) is 0 Å². The van der Waals surface area contributed by atoms with Gasteiger partial charge in [-0.2, -0.15) is 0 Å². The lowest BCUT2D eigenvalue weighted by molar-refractivity contribution is -0.140. The van der Waals surface area contributed by atoms with E-state index in [0.29, 0.717) is 6.42 Å². The number of aliphatic carboxylic acids is 1. The van der Waals surface area contributed by atoms with Crippen molar-refractivity contribution in [2.24, 2.45) is 5.92 Å². The predicted octanol–water partition coefficient (Wildman–Crippen LogP) is 1.88. The summed E-state index contributed by atoms with van der Waals surface area (Å²) in [6.45, 7) is 5.61. The Morgan fingerprint density at radius 2 is 1.95 bits per heavy atom. The number of nitrogens with one attached hydrogen (secondary N) is 1. The van der Waals surface area contributed by atoms with Crippen LogP contribution in [0, 0.1) is 17.8 Å². The molecule has 0 fully saturated rings. The van der Waals surface area contributed by atoms with Gasteiger partial charge in [-0.1, -0.05) is 43.9 Å². The van der Waals surface area contributed by atoms with Gasteiger partial charge in [-0.15, -0.1) is 0 Å². The Bertz CT molecular complexity index is 512. The van der Waals surface area contributed by atoms with Gasteiger partial charge in [-0.05, 0) is 31.4 Å². The van der Waals surface area contributed by atoms with Crippen molar-refractivity contribution in [3.05, 3.63) is 35.9 Å². The molecule has 0 saturated heterocycles. The number of benzene rings is 1. The summed E-state index contributed by atoms with van der Waals surface area (Å²) in [5, 5.41) is 22.2. The fraction of sp³-hybridized carbons (Fsp3) is 0.471.